The standard InChI is InChI=1S/C13H12BrN3O/c14-10-2-4-12(9(5-10)7-15)17-13(18)8-1-3-11(16)6-8/h1-5,8,11H,6,16H2,(H,17,18). The van der Waals surface area contributed by atoms with Crippen LogP contribution in [0.4, 0.5) is 5.69 Å². The van der Waals surface area contributed by atoms with Crippen molar-refractivity contribution in [2.45, 2.75) is 12.5 Å². The molecule has 0 radical (unpaired) electrons. The maximum atomic E-state index is 12.0. The fourth-order valence-corrected chi connectivity index (χ4v) is 2.23. The Morgan fingerprint density at radius 3 is 2.89 bits per heavy atom. The first-order chi connectivity index (χ1) is 8.60. The molecule has 2 unspecified atom stereocenters. The second-order valence-corrected chi connectivity index (χ2v) is 5.10. The van der Waals surface area contributed by atoms with Crippen LogP contribution in [0.5, 0.6) is 0 Å². The van der Waals surface area contributed by atoms with Gasteiger partial charge in [0.05, 0.1) is 17.2 Å². The van der Waals surface area contributed by atoms with E-state index in [1.807, 2.05) is 12.2 Å². The molecule has 3 N–H and O–H groups in total. The van der Waals surface area contributed by atoms with Crippen LogP contribution < -0.4 is 11.1 Å². The molecule has 18 heavy (non-hydrogen) atoms. The lowest BCUT2D eigenvalue weighted by Crippen LogP contribution is -2.24. The molecule has 0 aromatic heterocycles. The minimum atomic E-state index is -0.213. The fraction of sp³-hybridized carbons (Fsp3) is 0.231. The lowest BCUT2D eigenvalue weighted by molar-refractivity contribution is -0.118. The molecule has 1 aromatic carbocycles. The highest BCUT2D eigenvalue weighted by Crippen LogP contribution is 2.23. The number of anilines is 1. The summed E-state index contributed by atoms with van der Waals surface area (Å²) in [5.74, 6) is -0.340. The molecular formula is C13H12BrN3O. The number of nitrogens with zero attached hydrogens (tertiary/aromatic N) is 1. The van der Waals surface area contributed by atoms with Crippen molar-refractivity contribution in [3.05, 3.63) is 40.4 Å². The highest BCUT2D eigenvalue weighted by molar-refractivity contribution is 9.10. The fourth-order valence-electron chi connectivity index (χ4n) is 1.87. The maximum Gasteiger partial charge on any atom is 0.231 e. The number of carbonyl (C=O) groups is 1. The molecule has 0 spiro atoms. The minimum Gasteiger partial charge on any atom is -0.324 e. The van der Waals surface area contributed by atoms with Gasteiger partial charge in [-0.15, -0.1) is 0 Å². The van der Waals surface area contributed by atoms with Crippen LogP contribution in [-0.4, -0.2) is 11.9 Å². The van der Waals surface area contributed by atoms with Gasteiger partial charge in [-0.25, -0.2) is 0 Å². The van der Waals surface area contributed by atoms with Crippen LogP contribution in [0.15, 0.2) is 34.8 Å². The Morgan fingerprint density at radius 1 is 1.50 bits per heavy atom. The summed E-state index contributed by atoms with van der Waals surface area (Å²) in [6, 6.07) is 7.16. The van der Waals surface area contributed by atoms with Gasteiger partial charge in [-0.3, -0.25) is 4.79 Å². The lowest BCUT2D eigenvalue weighted by Gasteiger charge is -2.11. The number of nitrogens with two attached hydrogens (primary N) is 1. The Kier molecular flexibility index (Phi) is 3.80. The third-order valence-electron chi connectivity index (χ3n) is 2.81. The van der Waals surface area contributed by atoms with E-state index in [9.17, 15) is 4.79 Å². The summed E-state index contributed by atoms with van der Waals surface area (Å²) < 4.78 is 0.805. The van der Waals surface area contributed by atoms with E-state index in [-0.39, 0.29) is 17.9 Å². The number of benzene rings is 1. The van der Waals surface area contributed by atoms with Gasteiger partial charge in [0.1, 0.15) is 6.07 Å². The molecule has 5 heteroatoms. The molecule has 0 aliphatic heterocycles. The number of amides is 1. The second kappa shape index (κ2) is 5.34. The zero-order chi connectivity index (χ0) is 13.1. The Hall–Kier alpha value is -1.64. The summed E-state index contributed by atoms with van der Waals surface area (Å²) in [5, 5.41) is 11.8. The molecule has 0 saturated heterocycles. The van der Waals surface area contributed by atoms with Gasteiger partial charge in [-0.1, -0.05) is 28.1 Å². The zero-order valence-corrected chi connectivity index (χ0v) is 11.1. The van der Waals surface area contributed by atoms with Crippen molar-refractivity contribution < 1.29 is 4.79 Å². The molecule has 0 saturated carbocycles. The predicted molar refractivity (Wildman–Crippen MR) is 72.7 cm³/mol. The van der Waals surface area contributed by atoms with E-state index in [1.165, 1.54) is 0 Å². The first-order valence-corrected chi connectivity index (χ1v) is 6.34. The van der Waals surface area contributed by atoms with Crippen molar-refractivity contribution in [3.8, 4) is 6.07 Å². The highest BCUT2D eigenvalue weighted by Gasteiger charge is 2.23. The zero-order valence-electron chi connectivity index (χ0n) is 9.56. The van der Waals surface area contributed by atoms with Gasteiger partial charge in [0.25, 0.3) is 0 Å². The van der Waals surface area contributed by atoms with E-state index in [2.05, 4.69) is 27.3 Å². The van der Waals surface area contributed by atoms with Crippen molar-refractivity contribution in [2.75, 3.05) is 5.32 Å². The number of halogens is 1. The third kappa shape index (κ3) is 2.78. The molecule has 0 fully saturated rings. The number of hydrogen-bond donors (Lipinski definition) is 2. The number of nitriles is 1. The normalized spacial score (nSPS) is 21.6. The van der Waals surface area contributed by atoms with Crippen molar-refractivity contribution in [3.63, 3.8) is 0 Å². The van der Waals surface area contributed by atoms with Gasteiger partial charge in [-0.2, -0.15) is 5.26 Å². The quantitative estimate of drug-likeness (QED) is 0.822. The average molecular weight is 306 g/mol. The molecule has 1 aliphatic carbocycles. The number of rotatable bonds is 2. The molecule has 92 valence electrons. The molecule has 1 aromatic rings. The summed E-state index contributed by atoms with van der Waals surface area (Å²) >= 11 is 3.29. The van der Waals surface area contributed by atoms with Crippen LogP contribution in [0.3, 0.4) is 0 Å². The first-order valence-electron chi connectivity index (χ1n) is 5.54. The van der Waals surface area contributed by atoms with Crippen molar-refractivity contribution in [1.29, 1.82) is 5.26 Å². The Balaban J connectivity index is 2.13. The van der Waals surface area contributed by atoms with Crippen LogP contribution in [0.25, 0.3) is 0 Å². The maximum absolute atomic E-state index is 12.0. The van der Waals surface area contributed by atoms with Gasteiger partial charge < -0.3 is 11.1 Å². The van der Waals surface area contributed by atoms with Gasteiger partial charge in [-0.05, 0) is 24.6 Å². The van der Waals surface area contributed by atoms with Crippen LogP contribution in [-0.2, 0) is 4.79 Å². The van der Waals surface area contributed by atoms with Gasteiger partial charge in [0.15, 0.2) is 0 Å². The smallest absolute Gasteiger partial charge is 0.231 e. The molecule has 0 bridgehead atoms. The molecule has 2 rings (SSSR count). The second-order valence-electron chi connectivity index (χ2n) is 4.18. The minimum absolute atomic E-state index is 0.0545. The summed E-state index contributed by atoms with van der Waals surface area (Å²) in [6.07, 6.45) is 4.26. The average Bonchev–Trinajstić information content (AvgIpc) is 2.78. The van der Waals surface area contributed by atoms with E-state index in [4.69, 9.17) is 11.0 Å². The third-order valence-corrected chi connectivity index (χ3v) is 3.31. The van der Waals surface area contributed by atoms with Crippen molar-refractivity contribution >= 4 is 27.5 Å². The Bertz CT molecular complexity index is 548. The first kappa shape index (κ1) is 12.8. The molecule has 0 heterocycles. The van der Waals surface area contributed by atoms with Crippen LogP contribution in [0, 0.1) is 17.2 Å². The van der Waals surface area contributed by atoms with Crippen molar-refractivity contribution in [2.24, 2.45) is 11.7 Å². The summed E-state index contributed by atoms with van der Waals surface area (Å²) in [5.41, 5.74) is 6.67. The molecule has 1 amide bonds. The van der Waals surface area contributed by atoms with E-state index >= 15 is 0 Å². The molecular weight excluding hydrogens is 294 g/mol. The summed E-state index contributed by atoms with van der Waals surface area (Å²) in [7, 11) is 0. The van der Waals surface area contributed by atoms with Gasteiger partial charge in [0, 0.05) is 10.5 Å². The molecule has 4 nitrogen and oxygen atoms in total. The SMILES string of the molecule is N#Cc1cc(Br)ccc1NC(=O)C1C=CC(N)C1. The van der Waals surface area contributed by atoms with Crippen LogP contribution >= 0.6 is 15.9 Å². The molecule has 2 atom stereocenters. The Morgan fingerprint density at radius 2 is 2.28 bits per heavy atom. The largest absolute Gasteiger partial charge is 0.324 e. The molecule has 1 aliphatic rings. The Labute approximate surface area is 114 Å². The number of nitrogens with one attached hydrogen (secondary N) is 1. The number of carbonyl (C=O) groups excluding carboxylic acids is 1. The summed E-state index contributed by atoms with van der Waals surface area (Å²) in [6.45, 7) is 0. The van der Waals surface area contributed by atoms with Gasteiger partial charge >= 0.3 is 0 Å². The van der Waals surface area contributed by atoms with E-state index < -0.39 is 0 Å². The van der Waals surface area contributed by atoms with Crippen LogP contribution in [0.1, 0.15) is 12.0 Å². The topological polar surface area (TPSA) is 78.9 Å². The van der Waals surface area contributed by atoms with E-state index in [0.29, 0.717) is 17.7 Å². The lowest BCUT2D eigenvalue weighted by atomic mass is 10.1. The van der Waals surface area contributed by atoms with Crippen molar-refractivity contribution in [1.82, 2.24) is 0 Å². The van der Waals surface area contributed by atoms with Gasteiger partial charge in [0.2, 0.25) is 5.91 Å². The van der Waals surface area contributed by atoms with E-state index in [1.54, 1.807) is 18.2 Å². The summed E-state index contributed by atoms with van der Waals surface area (Å²) in [4.78, 5) is 12.0. The highest BCUT2D eigenvalue weighted by atomic mass is 79.9. The van der Waals surface area contributed by atoms with E-state index in [0.717, 1.165) is 4.47 Å². The van der Waals surface area contributed by atoms with Crippen LogP contribution in [0.2, 0.25) is 0 Å². The monoisotopic (exact) mass is 305 g/mol. The number of hydrogen-bond acceptors (Lipinski definition) is 3. The predicted octanol–water partition coefficient (Wildman–Crippen LogP) is 2.16.